The molecule has 2 unspecified atom stereocenters. The number of carbonyl (C=O) groups is 1. The largest absolute Gasteiger partial charge is 0.508 e. The Hall–Kier alpha value is -1.55. The van der Waals surface area contributed by atoms with Gasteiger partial charge in [0.1, 0.15) is 5.75 Å². The molecule has 4 nitrogen and oxygen atoms in total. The van der Waals surface area contributed by atoms with Gasteiger partial charge in [-0.1, -0.05) is 51.5 Å². The molecule has 10 heteroatoms. The second kappa shape index (κ2) is 13.6. The monoisotopic (exact) mass is 620 g/mol. The molecule has 3 aliphatic carbocycles. The number of aliphatic hydroxyl groups excluding tert-OH is 1. The smallest absolute Gasteiger partial charge is 0.453 e. The molecule has 1 aromatic rings. The van der Waals surface area contributed by atoms with Gasteiger partial charge in [-0.2, -0.15) is 22.0 Å². The van der Waals surface area contributed by atoms with Crippen LogP contribution in [0.4, 0.5) is 22.0 Å². The van der Waals surface area contributed by atoms with Crippen LogP contribution in [0.3, 0.4) is 0 Å². The van der Waals surface area contributed by atoms with Gasteiger partial charge in [-0.3, -0.25) is 9.00 Å². The van der Waals surface area contributed by atoms with Crippen LogP contribution in [0.5, 0.6) is 5.75 Å². The molecule has 2 saturated carbocycles. The van der Waals surface area contributed by atoms with Crippen molar-refractivity contribution in [1.29, 1.82) is 0 Å². The molecule has 42 heavy (non-hydrogen) atoms. The van der Waals surface area contributed by atoms with Crippen LogP contribution in [-0.4, -0.2) is 49.9 Å². The summed E-state index contributed by atoms with van der Waals surface area (Å²) in [5.74, 6) is -3.62. The first-order chi connectivity index (χ1) is 19.8. The maximum Gasteiger partial charge on any atom is 0.453 e. The van der Waals surface area contributed by atoms with E-state index in [0.717, 1.165) is 76.2 Å². The summed E-state index contributed by atoms with van der Waals surface area (Å²) < 4.78 is 74.5. The number of fused-ring (bicyclic) bond motifs is 5. The predicted octanol–water partition coefficient (Wildman–Crippen LogP) is 8.32. The molecular formula is C32H45F5O4S. The third-order valence-corrected chi connectivity index (χ3v) is 11.9. The van der Waals surface area contributed by atoms with Crippen LogP contribution in [0, 0.1) is 23.2 Å². The lowest BCUT2D eigenvalue weighted by Crippen LogP contribution is -2.49. The van der Waals surface area contributed by atoms with Crippen molar-refractivity contribution in [1.82, 2.24) is 0 Å². The van der Waals surface area contributed by atoms with E-state index in [2.05, 4.69) is 6.92 Å². The Morgan fingerprint density at radius 1 is 0.929 bits per heavy atom. The molecule has 0 bridgehead atoms. The SMILES string of the molecule is C[C@]12CC[C@@H]3c4ccc(O)cc4C(=O)C(CCCCCCCCCS(=O)CCCC(F)(F)C(F)(F)F)[C@H]3[C@@H]1CC[C@@H]2O. The Bertz CT molecular complexity index is 1110. The number of hydrogen-bond acceptors (Lipinski definition) is 4. The van der Waals surface area contributed by atoms with Crippen molar-refractivity contribution < 1.29 is 41.2 Å². The van der Waals surface area contributed by atoms with Gasteiger partial charge < -0.3 is 10.2 Å². The molecule has 4 rings (SSSR count). The van der Waals surface area contributed by atoms with Crippen LogP contribution in [0.15, 0.2) is 18.2 Å². The molecule has 3 aliphatic rings. The van der Waals surface area contributed by atoms with Gasteiger partial charge in [-0.15, -0.1) is 0 Å². The van der Waals surface area contributed by atoms with Crippen LogP contribution < -0.4 is 0 Å². The lowest BCUT2D eigenvalue weighted by Gasteiger charge is -2.52. The first kappa shape index (κ1) is 33.3. The van der Waals surface area contributed by atoms with Gasteiger partial charge >= 0.3 is 12.1 Å². The van der Waals surface area contributed by atoms with E-state index in [1.165, 1.54) is 0 Å². The summed E-state index contributed by atoms with van der Waals surface area (Å²) >= 11 is 0. The van der Waals surface area contributed by atoms with E-state index in [0.29, 0.717) is 23.7 Å². The lowest BCUT2D eigenvalue weighted by molar-refractivity contribution is -0.284. The predicted molar refractivity (Wildman–Crippen MR) is 153 cm³/mol. The third kappa shape index (κ3) is 7.22. The Morgan fingerprint density at radius 2 is 1.57 bits per heavy atom. The minimum Gasteiger partial charge on any atom is -0.508 e. The standard InChI is InChI=1S/C32H45F5O4S/c1-30-17-15-23-22-12-11-21(38)20-25(22)29(40)24(28(23)26(30)13-14-27(30)39)10-7-5-3-2-4-6-8-18-42(41)19-9-16-31(33,34)32(35,36)37/h11-12,20,23-24,26-28,38-39H,2-10,13-19H2,1H3/t23-,24?,26+,27+,28+,30+,42?/m1/s1. The number of alkyl halides is 5. The highest BCUT2D eigenvalue weighted by Crippen LogP contribution is 2.62. The lowest BCUT2D eigenvalue weighted by atomic mass is 9.51. The number of aromatic hydroxyl groups is 1. The van der Waals surface area contributed by atoms with Crippen LogP contribution in [0.25, 0.3) is 0 Å². The Balaban J connectivity index is 1.19. The highest BCUT2D eigenvalue weighted by Gasteiger charge is 2.58. The summed E-state index contributed by atoms with van der Waals surface area (Å²) in [5.41, 5.74) is 1.57. The Labute approximate surface area is 248 Å². The van der Waals surface area contributed by atoms with Crippen molar-refractivity contribution in [3.05, 3.63) is 29.3 Å². The first-order valence-electron chi connectivity index (χ1n) is 15.6. The number of phenols is 1. The number of Topliss-reactive ketones (excluding diaryl/α,β-unsaturated/α-hetero) is 1. The zero-order valence-electron chi connectivity index (χ0n) is 24.4. The van der Waals surface area contributed by atoms with E-state index < -0.39 is 35.7 Å². The van der Waals surface area contributed by atoms with E-state index >= 15 is 0 Å². The average Bonchev–Trinajstić information content (AvgIpc) is 3.22. The molecule has 0 aromatic heterocycles. The highest BCUT2D eigenvalue weighted by molar-refractivity contribution is 7.84. The summed E-state index contributed by atoms with van der Waals surface area (Å²) in [6.07, 6.45) is 3.10. The van der Waals surface area contributed by atoms with Crippen molar-refractivity contribution in [2.45, 2.75) is 121 Å². The second-order valence-corrected chi connectivity index (χ2v) is 14.8. The first-order valence-corrected chi connectivity index (χ1v) is 17.1. The van der Waals surface area contributed by atoms with Gasteiger partial charge in [0.25, 0.3) is 0 Å². The number of halogens is 5. The van der Waals surface area contributed by atoms with Crippen LogP contribution >= 0.6 is 0 Å². The quantitative estimate of drug-likeness (QED) is 0.162. The van der Waals surface area contributed by atoms with Crippen LogP contribution in [0.2, 0.25) is 0 Å². The normalized spacial score (nSPS) is 30.1. The minimum atomic E-state index is -5.56. The highest BCUT2D eigenvalue weighted by atomic mass is 32.2. The fourth-order valence-electron chi connectivity index (χ4n) is 8.08. The Morgan fingerprint density at radius 3 is 2.26 bits per heavy atom. The van der Waals surface area contributed by atoms with Gasteiger partial charge in [0.2, 0.25) is 0 Å². The fourth-order valence-corrected chi connectivity index (χ4v) is 9.28. The topological polar surface area (TPSA) is 74.6 Å². The molecule has 2 fully saturated rings. The molecular weight excluding hydrogens is 575 g/mol. The number of aliphatic hydroxyl groups is 1. The molecule has 0 saturated heterocycles. The summed E-state index contributed by atoms with van der Waals surface area (Å²) in [5, 5.41) is 20.9. The summed E-state index contributed by atoms with van der Waals surface area (Å²) in [6, 6.07) is 5.23. The summed E-state index contributed by atoms with van der Waals surface area (Å²) in [7, 11) is -1.39. The van der Waals surface area contributed by atoms with Crippen molar-refractivity contribution in [2.24, 2.45) is 23.2 Å². The molecule has 0 heterocycles. The van der Waals surface area contributed by atoms with E-state index in [1.807, 2.05) is 6.07 Å². The minimum absolute atomic E-state index is 0.106. The second-order valence-electron chi connectivity index (χ2n) is 13.1. The van der Waals surface area contributed by atoms with Gasteiger partial charge in [0.15, 0.2) is 5.78 Å². The van der Waals surface area contributed by atoms with Crippen molar-refractivity contribution in [3.63, 3.8) is 0 Å². The number of phenolic OH excluding ortho intramolecular Hbond substituents is 1. The zero-order chi connectivity index (χ0) is 30.7. The number of rotatable bonds is 14. The van der Waals surface area contributed by atoms with Gasteiger partial charge in [0, 0.05) is 40.2 Å². The van der Waals surface area contributed by atoms with Crippen molar-refractivity contribution in [2.75, 3.05) is 11.5 Å². The molecule has 0 aliphatic heterocycles. The Kier molecular flexibility index (Phi) is 10.8. The van der Waals surface area contributed by atoms with Crippen molar-refractivity contribution >= 4 is 16.6 Å². The molecule has 1 aromatic carbocycles. The van der Waals surface area contributed by atoms with Crippen LogP contribution in [-0.2, 0) is 10.8 Å². The molecule has 0 radical (unpaired) electrons. The number of hydrogen-bond donors (Lipinski definition) is 2. The van der Waals surface area contributed by atoms with Crippen molar-refractivity contribution in [3.8, 4) is 5.75 Å². The van der Waals surface area contributed by atoms with Gasteiger partial charge in [-0.25, -0.2) is 0 Å². The van der Waals surface area contributed by atoms with E-state index in [9.17, 15) is 41.2 Å². The van der Waals surface area contributed by atoms with Gasteiger partial charge in [-0.05, 0) is 85.8 Å². The van der Waals surface area contributed by atoms with E-state index in [-0.39, 0.29) is 46.6 Å². The summed E-state index contributed by atoms with van der Waals surface area (Å²) in [6.45, 7) is 2.20. The maximum atomic E-state index is 13.8. The van der Waals surface area contributed by atoms with Crippen LogP contribution in [0.1, 0.15) is 119 Å². The number of benzene rings is 1. The molecule has 0 amide bonds. The third-order valence-electron chi connectivity index (χ3n) is 10.5. The number of ketones is 1. The number of carbonyl (C=O) groups excluding carboxylic acids is 1. The van der Waals surface area contributed by atoms with E-state index in [1.54, 1.807) is 12.1 Å². The molecule has 238 valence electrons. The number of unbranched alkanes of at least 4 members (excludes halogenated alkanes) is 6. The summed E-state index contributed by atoms with van der Waals surface area (Å²) in [4.78, 5) is 13.8. The molecule has 0 spiro atoms. The fraction of sp³-hybridized carbons (Fsp3) is 0.781. The van der Waals surface area contributed by atoms with E-state index in [4.69, 9.17) is 0 Å². The maximum absolute atomic E-state index is 13.8. The average molecular weight is 621 g/mol. The molecule has 2 N–H and O–H groups in total. The molecule has 7 atom stereocenters. The van der Waals surface area contributed by atoms with Gasteiger partial charge in [0.05, 0.1) is 6.10 Å². The zero-order valence-corrected chi connectivity index (χ0v) is 25.3.